The third-order valence-electron chi connectivity index (χ3n) is 2.43. The molecule has 1 heterocycles. The van der Waals surface area contributed by atoms with Crippen molar-refractivity contribution in [1.82, 2.24) is 5.32 Å². The van der Waals surface area contributed by atoms with E-state index in [1.54, 1.807) is 0 Å². The summed E-state index contributed by atoms with van der Waals surface area (Å²) in [5.74, 6) is -4.80. The number of carbonyl (C=O) groups excluding carboxylic acids is 1. The van der Waals surface area contributed by atoms with E-state index in [9.17, 15) is 18.7 Å². The lowest BCUT2D eigenvalue weighted by Crippen LogP contribution is -2.33. The number of alkyl halides is 2. The first kappa shape index (κ1) is 13.3. The normalized spacial score (nSPS) is 25.5. The van der Waals surface area contributed by atoms with Crippen molar-refractivity contribution < 1.29 is 23.4 Å². The Bertz CT molecular complexity index is 248. The molecular formula is C10H17F2NO3. The number of esters is 1. The van der Waals surface area contributed by atoms with Crippen LogP contribution in [0.3, 0.4) is 0 Å². The average Bonchev–Trinajstić information content (AvgIpc) is 2.41. The average molecular weight is 237 g/mol. The second kappa shape index (κ2) is 5.54. The molecule has 2 unspecified atom stereocenters. The molecule has 0 amide bonds. The van der Waals surface area contributed by atoms with E-state index < -0.39 is 30.5 Å². The highest BCUT2D eigenvalue weighted by Gasteiger charge is 2.50. The molecule has 0 aromatic rings. The smallest absolute Gasteiger partial charge is 0.377 e. The molecule has 0 saturated carbocycles. The quantitative estimate of drug-likeness (QED) is 0.667. The van der Waals surface area contributed by atoms with E-state index in [4.69, 9.17) is 0 Å². The van der Waals surface area contributed by atoms with Crippen molar-refractivity contribution in [3.63, 3.8) is 0 Å². The van der Waals surface area contributed by atoms with Gasteiger partial charge in [-0.15, -0.1) is 0 Å². The van der Waals surface area contributed by atoms with Crippen LogP contribution in [0.4, 0.5) is 8.78 Å². The molecule has 94 valence electrons. The largest absolute Gasteiger partial charge is 0.456 e. The summed E-state index contributed by atoms with van der Waals surface area (Å²) in [7, 11) is 0. The van der Waals surface area contributed by atoms with E-state index in [0.29, 0.717) is 13.0 Å². The topological polar surface area (TPSA) is 58.6 Å². The van der Waals surface area contributed by atoms with Crippen molar-refractivity contribution in [3.8, 4) is 0 Å². The molecule has 2 atom stereocenters. The van der Waals surface area contributed by atoms with Gasteiger partial charge in [0.25, 0.3) is 0 Å². The Labute approximate surface area is 93.0 Å². The molecule has 4 nitrogen and oxygen atoms in total. The zero-order chi connectivity index (χ0) is 12.2. The number of nitrogens with one attached hydrogen (secondary N) is 1. The molecular weight excluding hydrogens is 220 g/mol. The summed E-state index contributed by atoms with van der Waals surface area (Å²) in [5, 5.41) is 12.2. The molecule has 6 heteroatoms. The van der Waals surface area contributed by atoms with Gasteiger partial charge in [0, 0.05) is 13.1 Å². The van der Waals surface area contributed by atoms with E-state index in [0.717, 1.165) is 6.42 Å². The molecule has 16 heavy (non-hydrogen) atoms. The van der Waals surface area contributed by atoms with Crippen LogP contribution in [-0.4, -0.2) is 42.3 Å². The molecule has 0 aromatic carbocycles. The van der Waals surface area contributed by atoms with E-state index in [2.05, 4.69) is 10.1 Å². The van der Waals surface area contributed by atoms with Gasteiger partial charge in [0.1, 0.15) is 6.10 Å². The second-order valence-corrected chi connectivity index (χ2v) is 4.04. The fraction of sp³-hybridized carbons (Fsp3) is 0.900. The maximum Gasteiger partial charge on any atom is 0.377 e. The molecule has 0 bridgehead atoms. The zero-order valence-corrected chi connectivity index (χ0v) is 9.21. The number of rotatable bonds is 6. The van der Waals surface area contributed by atoms with Crippen LogP contribution in [0, 0.1) is 0 Å². The van der Waals surface area contributed by atoms with Gasteiger partial charge in [-0.1, -0.05) is 13.3 Å². The Morgan fingerprint density at radius 2 is 2.38 bits per heavy atom. The van der Waals surface area contributed by atoms with E-state index in [-0.39, 0.29) is 6.54 Å². The molecule has 1 saturated heterocycles. The first-order valence-corrected chi connectivity index (χ1v) is 5.43. The third-order valence-corrected chi connectivity index (χ3v) is 2.43. The van der Waals surface area contributed by atoms with Gasteiger partial charge in [-0.25, -0.2) is 4.79 Å². The van der Waals surface area contributed by atoms with Crippen LogP contribution in [0.1, 0.15) is 26.2 Å². The number of hydrogen-bond donors (Lipinski definition) is 2. The number of aliphatic hydroxyl groups excluding tert-OH is 1. The van der Waals surface area contributed by atoms with Gasteiger partial charge in [-0.2, -0.15) is 8.78 Å². The maximum atomic E-state index is 12.7. The lowest BCUT2D eigenvalue weighted by atomic mass is 10.2. The molecule has 0 aromatic heterocycles. The molecule has 1 rings (SSSR count). The summed E-state index contributed by atoms with van der Waals surface area (Å²) in [6.07, 6.45) is -0.339. The van der Waals surface area contributed by atoms with E-state index >= 15 is 0 Å². The Morgan fingerprint density at radius 3 is 2.88 bits per heavy atom. The van der Waals surface area contributed by atoms with Gasteiger partial charge in [-0.05, 0) is 6.42 Å². The van der Waals surface area contributed by atoms with Crippen molar-refractivity contribution in [2.24, 2.45) is 0 Å². The van der Waals surface area contributed by atoms with Gasteiger partial charge in [0.2, 0.25) is 0 Å². The number of hydrogen-bond acceptors (Lipinski definition) is 4. The fourth-order valence-electron chi connectivity index (χ4n) is 1.61. The highest BCUT2D eigenvalue weighted by molar-refractivity contribution is 5.79. The minimum absolute atomic E-state index is 0.155. The first-order valence-electron chi connectivity index (χ1n) is 5.43. The number of carbonyl (C=O) groups is 1. The summed E-state index contributed by atoms with van der Waals surface area (Å²) >= 11 is 0. The van der Waals surface area contributed by atoms with Crippen LogP contribution >= 0.6 is 0 Å². The number of aliphatic hydroxyl groups is 1. The van der Waals surface area contributed by atoms with Crippen LogP contribution in [0.2, 0.25) is 0 Å². The van der Waals surface area contributed by atoms with E-state index in [1.807, 2.05) is 6.92 Å². The fourth-order valence-corrected chi connectivity index (χ4v) is 1.61. The number of halogens is 2. The lowest BCUT2D eigenvalue weighted by Gasteiger charge is -2.13. The van der Waals surface area contributed by atoms with Crippen molar-refractivity contribution in [2.45, 2.75) is 44.3 Å². The minimum atomic E-state index is -3.35. The van der Waals surface area contributed by atoms with Crippen molar-refractivity contribution in [3.05, 3.63) is 0 Å². The molecule has 1 aliphatic heterocycles. The minimum Gasteiger partial charge on any atom is -0.456 e. The molecule has 1 aliphatic rings. The molecule has 0 spiro atoms. The highest BCUT2D eigenvalue weighted by atomic mass is 19.3. The molecule has 1 fully saturated rings. The SMILES string of the molecule is CCCC(O)CNCC1CC(F)(F)C(=O)O1. The number of cyclic esters (lactones) is 1. The van der Waals surface area contributed by atoms with Gasteiger partial charge in [-0.3, -0.25) is 0 Å². The predicted molar refractivity (Wildman–Crippen MR) is 53.2 cm³/mol. The molecule has 0 radical (unpaired) electrons. The molecule has 0 aliphatic carbocycles. The van der Waals surface area contributed by atoms with Crippen LogP contribution in [-0.2, 0) is 9.53 Å². The van der Waals surface area contributed by atoms with Gasteiger partial charge < -0.3 is 15.2 Å². The summed E-state index contributed by atoms with van der Waals surface area (Å²) in [4.78, 5) is 10.7. The Balaban J connectivity index is 2.18. The third kappa shape index (κ3) is 3.68. The Hall–Kier alpha value is -0.750. The van der Waals surface area contributed by atoms with E-state index in [1.165, 1.54) is 0 Å². The standard InChI is InChI=1S/C10H17F2NO3/c1-2-3-7(14)5-13-6-8-4-10(11,12)9(15)16-8/h7-8,13-14H,2-6H2,1H3. The number of ether oxygens (including phenoxy) is 1. The Kier molecular flexibility index (Phi) is 4.61. The van der Waals surface area contributed by atoms with Gasteiger partial charge in [0.15, 0.2) is 0 Å². The summed E-state index contributed by atoms with van der Waals surface area (Å²) in [5.41, 5.74) is 0. The van der Waals surface area contributed by atoms with Crippen molar-refractivity contribution in [2.75, 3.05) is 13.1 Å². The lowest BCUT2D eigenvalue weighted by molar-refractivity contribution is -0.159. The first-order chi connectivity index (χ1) is 7.45. The molecule has 2 N–H and O–H groups in total. The predicted octanol–water partition coefficient (Wildman–Crippen LogP) is 0.688. The second-order valence-electron chi connectivity index (χ2n) is 4.04. The monoisotopic (exact) mass is 237 g/mol. The van der Waals surface area contributed by atoms with Crippen LogP contribution in [0.15, 0.2) is 0 Å². The van der Waals surface area contributed by atoms with Crippen LogP contribution in [0.25, 0.3) is 0 Å². The van der Waals surface area contributed by atoms with Crippen LogP contribution < -0.4 is 5.32 Å². The van der Waals surface area contributed by atoms with Crippen molar-refractivity contribution >= 4 is 5.97 Å². The van der Waals surface area contributed by atoms with Gasteiger partial charge in [0.05, 0.1) is 12.5 Å². The van der Waals surface area contributed by atoms with Crippen molar-refractivity contribution in [1.29, 1.82) is 0 Å². The summed E-state index contributed by atoms with van der Waals surface area (Å²) < 4.78 is 30.0. The Morgan fingerprint density at radius 1 is 1.69 bits per heavy atom. The maximum absolute atomic E-state index is 12.7. The summed E-state index contributed by atoms with van der Waals surface area (Å²) in [6.45, 7) is 2.43. The van der Waals surface area contributed by atoms with Crippen LogP contribution in [0.5, 0.6) is 0 Å². The zero-order valence-electron chi connectivity index (χ0n) is 9.21. The summed E-state index contributed by atoms with van der Waals surface area (Å²) in [6, 6.07) is 0. The van der Waals surface area contributed by atoms with Gasteiger partial charge >= 0.3 is 11.9 Å². The highest BCUT2D eigenvalue weighted by Crippen LogP contribution is 2.30.